The van der Waals surface area contributed by atoms with E-state index >= 15 is 0 Å². The van der Waals surface area contributed by atoms with Gasteiger partial charge in [-0.05, 0) is 61.0 Å². The highest BCUT2D eigenvalue weighted by molar-refractivity contribution is 7.90. The van der Waals surface area contributed by atoms with Gasteiger partial charge in [0.25, 0.3) is 10.0 Å². The average Bonchev–Trinajstić information content (AvgIpc) is 3.28. The number of hydrogen-bond donors (Lipinski definition) is 1. The Hall–Kier alpha value is -4.03. The molecular weight excluding hydrogens is 456 g/mol. The fourth-order valence-corrected chi connectivity index (χ4v) is 5.82. The van der Waals surface area contributed by atoms with Gasteiger partial charge in [-0.1, -0.05) is 66.2 Å². The Kier molecular flexibility index (Phi) is 6.05. The van der Waals surface area contributed by atoms with E-state index in [1.807, 2.05) is 104 Å². The summed E-state index contributed by atoms with van der Waals surface area (Å²) in [4.78, 5) is 0.252. The molecule has 5 aromatic rings. The van der Waals surface area contributed by atoms with Crippen LogP contribution in [0.25, 0.3) is 10.9 Å². The zero-order valence-corrected chi connectivity index (χ0v) is 20.4. The van der Waals surface area contributed by atoms with Crippen LogP contribution in [0.15, 0.2) is 114 Å². The highest BCUT2D eigenvalue weighted by Crippen LogP contribution is 2.34. The number of para-hydroxylation sites is 1. The number of fused-ring (bicyclic) bond motifs is 1. The van der Waals surface area contributed by atoms with Crippen LogP contribution in [0.3, 0.4) is 0 Å². The van der Waals surface area contributed by atoms with Gasteiger partial charge in [0.15, 0.2) is 0 Å². The Morgan fingerprint density at radius 3 is 2.14 bits per heavy atom. The van der Waals surface area contributed by atoms with E-state index in [0.717, 1.165) is 28.0 Å². The first-order chi connectivity index (χ1) is 17.0. The molecule has 0 aliphatic carbocycles. The normalized spacial score (nSPS) is 12.4. The smallest absolute Gasteiger partial charge is 0.268 e. The minimum absolute atomic E-state index is 0.252. The fraction of sp³-hybridized carbons (Fsp3) is 0.103. The second-order valence-corrected chi connectivity index (χ2v) is 10.2. The van der Waals surface area contributed by atoms with Crippen molar-refractivity contribution in [2.24, 2.45) is 0 Å². The molecule has 0 saturated heterocycles. The minimum Gasteiger partial charge on any atom is -0.497 e. The molecule has 0 aliphatic heterocycles. The molecule has 0 saturated carbocycles. The molecular formula is C29H26N2O3S. The molecule has 6 heteroatoms. The molecule has 0 spiro atoms. The van der Waals surface area contributed by atoms with Gasteiger partial charge in [-0.25, -0.2) is 12.4 Å². The van der Waals surface area contributed by atoms with Gasteiger partial charge in [0.05, 0.1) is 29.3 Å². The van der Waals surface area contributed by atoms with E-state index in [0.29, 0.717) is 11.2 Å². The standard InChI is InChI=1S/C29H26N2O3S/c1-21-12-18-26(19-13-21)35(32,33)31-27-11-7-6-10-23(27)20-28(31)29(22-8-4-3-5-9-22)30-24-14-16-25(34-2)17-15-24/h3-20,29-30H,1-2H3/t29-/m1/s1. The molecule has 1 atom stereocenters. The van der Waals surface area contributed by atoms with Crippen LogP contribution in [-0.2, 0) is 10.0 Å². The van der Waals surface area contributed by atoms with Crippen LogP contribution in [0.5, 0.6) is 5.75 Å². The first-order valence-corrected chi connectivity index (χ1v) is 12.8. The summed E-state index contributed by atoms with van der Waals surface area (Å²) in [5, 5.41) is 4.41. The van der Waals surface area contributed by atoms with E-state index < -0.39 is 16.1 Å². The van der Waals surface area contributed by atoms with Gasteiger partial charge in [-0.15, -0.1) is 0 Å². The number of ether oxygens (including phenoxy) is 1. The van der Waals surface area contributed by atoms with Gasteiger partial charge in [0.2, 0.25) is 0 Å². The minimum atomic E-state index is -3.87. The zero-order chi connectivity index (χ0) is 24.4. The van der Waals surface area contributed by atoms with Crippen LogP contribution in [-0.4, -0.2) is 19.5 Å². The maximum atomic E-state index is 14.0. The van der Waals surface area contributed by atoms with Crippen LogP contribution >= 0.6 is 0 Å². The first kappa shape index (κ1) is 22.7. The van der Waals surface area contributed by atoms with E-state index in [4.69, 9.17) is 4.74 Å². The molecule has 5 nitrogen and oxygen atoms in total. The highest BCUT2D eigenvalue weighted by atomic mass is 32.2. The van der Waals surface area contributed by atoms with Gasteiger partial charge >= 0.3 is 0 Å². The Balaban J connectivity index is 1.72. The number of nitrogens with zero attached hydrogens (tertiary/aromatic N) is 1. The summed E-state index contributed by atoms with van der Waals surface area (Å²) < 4.78 is 34.8. The molecule has 0 bridgehead atoms. The molecule has 35 heavy (non-hydrogen) atoms. The van der Waals surface area contributed by atoms with Crippen molar-refractivity contribution in [3.8, 4) is 5.75 Å². The van der Waals surface area contributed by atoms with E-state index in [1.165, 1.54) is 3.97 Å². The van der Waals surface area contributed by atoms with Crippen LogP contribution in [0.1, 0.15) is 22.9 Å². The molecule has 1 heterocycles. The largest absolute Gasteiger partial charge is 0.497 e. The fourth-order valence-electron chi connectivity index (χ4n) is 4.26. The summed E-state index contributed by atoms with van der Waals surface area (Å²) in [6, 6.07) is 33.6. The maximum Gasteiger partial charge on any atom is 0.268 e. The second-order valence-electron chi connectivity index (χ2n) is 8.43. The van der Waals surface area contributed by atoms with Crippen molar-refractivity contribution in [2.75, 3.05) is 12.4 Å². The summed E-state index contributed by atoms with van der Waals surface area (Å²) in [6.45, 7) is 1.94. The van der Waals surface area contributed by atoms with Crippen molar-refractivity contribution >= 4 is 26.6 Å². The summed E-state index contributed by atoms with van der Waals surface area (Å²) in [6.07, 6.45) is 0. The number of methoxy groups -OCH3 is 1. The number of rotatable bonds is 7. The molecule has 0 amide bonds. The lowest BCUT2D eigenvalue weighted by Crippen LogP contribution is -2.22. The molecule has 0 unspecified atom stereocenters. The Bertz CT molecular complexity index is 1560. The second kappa shape index (κ2) is 9.31. The molecule has 5 rings (SSSR count). The van der Waals surface area contributed by atoms with E-state index in [2.05, 4.69) is 5.32 Å². The van der Waals surface area contributed by atoms with Crippen molar-refractivity contribution in [2.45, 2.75) is 17.9 Å². The summed E-state index contributed by atoms with van der Waals surface area (Å²) >= 11 is 0. The van der Waals surface area contributed by atoms with Crippen molar-refractivity contribution in [3.05, 3.63) is 126 Å². The average molecular weight is 483 g/mol. The summed E-state index contributed by atoms with van der Waals surface area (Å²) in [7, 11) is -2.24. The van der Waals surface area contributed by atoms with Gasteiger partial charge in [-0.2, -0.15) is 0 Å². The van der Waals surface area contributed by atoms with E-state index in [-0.39, 0.29) is 4.90 Å². The highest BCUT2D eigenvalue weighted by Gasteiger charge is 2.28. The molecule has 0 fully saturated rings. The third kappa shape index (κ3) is 4.40. The number of nitrogens with one attached hydrogen (secondary N) is 1. The molecule has 1 N–H and O–H groups in total. The summed E-state index contributed by atoms with van der Waals surface area (Å²) in [5.74, 6) is 0.753. The molecule has 0 aliphatic rings. The van der Waals surface area contributed by atoms with Crippen LogP contribution in [0.4, 0.5) is 5.69 Å². The molecule has 1 aromatic heterocycles. The van der Waals surface area contributed by atoms with Crippen LogP contribution in [0.2, 0.25) is 0 Å². The van der Waals surface area contributed by atoms with Crippen LogP contribution < -0.4 is 10.1 Å². The number of aromatic nitrogens is 1. The van der Waals surface area contributed by atoms with Gasteiger partial charge in [0.1, 0.15) is 5.75 Å². The zero-order valence-electron chi connectivity index (χ0n) is 19.5. The lowest BCUT2D eigenvalue weighted by molar-refractivity contribution is 0.415. The third-order valence-electron chi connectivity index (χ3n) is 6.08. The number of aryl methyl sites for hydroxylation is 1. The Labute approximate surface area is 205 Å². The number of benzene rings is 4. The molecule has 0 radical (unpaired) electrons. The topological polar surface area (TPSA) is 60.3 Å². The lowest BCUT2D eigenvalue weighted by atomic mass is 10.0. The predicted molar refractivity (Wildman–Crippen MR) is 141 cm³/mol. The van der Waals surface area contributed by atoms with Crippen molar-refractivity contribution in [1.29, 1.82) is 0 Å². The summed E-state index contributed by atoms with van der Waals surface area (Å²) in [5.41, 5.74) is 4.08. The van der Waals surface area contributed by atoms with Gasteiger partial charge in [-0.3, -0.25) is 0 Å². The predicted octanol–water partition coefficient (Wildman–Crippen LogP) is 6.40. The van der Waals surface area contributed by atoms with Crippen molar-refractivity contribution in [1.82, 2.24) is 3.97 Å². The molecule has 4 aromatic carbocycles. The quantitative estimate of drug-likeness (QED) is 0.292. The van der Waals surface area contributed by atoms with Gasteiger partial charge < -0.3 is 10.1 Å². The van der Waals surface area contributed by atoms with Crippen molar-refractivity contribution < 1.29 is 13.2 Å². The molecule has 176 valence electrons. The van der Waals surface area contributed by atoms with Crippen LogP contribution in [0, 0.1) is 6.92 Å². The maximum absolute atomic E-state index is 14.0. The van der Waals surface area contributed by atoms with E-state index in [9.17, 15) is 8.42 Å². The Morgan fingerprint density at radius 1 is 0.800 bits per heavy atom. The monoisotopic (exact) mass is 482 g/mol. The van der Waals surface area contributed by atoms with Gasteiger partial charge in [0, 0.05) is 11.1 Å². The number of anilines is 1. The SMILES string of the molecule is COc1ccc(N[C@H](c2ccccc2)c2cc3ccccc3n2S(=O)(=O)c2ccc(C)cc2)cc1. The third-order valence-corrected chi connectivity index (χ3v) is 7.84. The number of hydrogen-bond acceptors (Lipinski definition) is 4. The van der Waals surface area contributed by atoms with Crippen molar-refractivity contribution in [3.63, 3.8) is 0 Å². The Morgan fingerprint density at radius 2 is 1.46 bits per heavy atom. The lowest BCUT2D eigenvalue weighted by Gasteiger charge is -2.23. The van der Waals surface area contributed by atoms with E-state index in [1.54, 1.807) is 19.2 Å². The first-order valence-electron chi connectivity index (χ1n) is 11.4.